The van der Waals surface area contributed by atoms with Crippen LogP contribution in [0.1, 0.15) is 29.2 Å². The Kier molecular flexibility index (Phi) is 9.94. The molecule has 196 valence electrons. The fourth-order valence-corrected chi connectivity index (χ4v) is 7.07. The number of nitrogens with two attached hydrogens (primary N) is 2. The molecule has 0 fully saturated rings. The third kappa shape index (κ3) is 6.43. The van der Waals surface area contributed by atoms with Crippen molar-refractivity contribution in [3.63, 3.8) is 0 Å². The van der Waals surface area contributed by atoms with E-state index in [1.165, 1.54) is 12.1 Å². The summed E-state index contributed by atoms with van der Waals surface area (Å²) in [6.45, 7) is 5.54. The molecule has 35 heavy (non-hydrogen) atoms. The van der Waals surface area contributed by atoms with Crippen LogP contribution in [0.4, 0.5) is 0 Å². The van der Waals surface area contributed by atoms with Gasteiger partial charge < -0.3 is 0 Å². The third-order valence-corrected chi connectivity index (χ3v) is 9.47. The summed E-state index contributed by atoms with van der Waals surface area (Å²) in [5, 5.41) is 11.0. The Hall–Kier alpha value is -0.660. The van der Waals surface area contributed by atoms with E-state index in [0.29, 0.717) is 13.1 Å². The summed E-state index contributed by atoms with van der Waals surface area (Å²) in [6, 6.07) is 6.66. The molecule has 0 saturated heterocycles. The minimum Gasteiger partial charge on any atom is -0.297 e. The first-order valence-electron chi connectivity index (χ1n) is 10.5. The lowest BCUT2D eigenvalue weighted by molar-refractivity contribution is 0.129. The smallest absolute Gasteiger partial charge is 0.239 e. The molecule has 8 nitrogen and oxygen atoms in total. The van der Waals surface area contributed by atoms with Crippen LogP contribution in [0, 0.1) is 0 Å². The van der Waals surface area contributed by atoms with Crippen LogP contribution in [0.2, 0.25) is 10.0 Å². The predicted molar refractivity (Wildman–Crippen MR) is 143 cm³/mol. The maximum Gasteiger partial charge on any atom is 0.239 e. The average Bonchev–Trinajstić information content (AvgIpc) is 2.72. The van der Waals surface area contributed by atoms with Crippen molar-refractivity contribution in [3.05, 3.63) is 56.6 Å². The van der Waals surface area contributed by atoms with E-state index in [2.05, 4.69) is 16.7 Å². The van der Waals surface area contributed by atoms with Gasteiger partial charge in [0.05, 0.1) is 10.0 Å². The lowest BCUT2D eigenvalue weighted by atomic mass is 9.97. The number of benzene rings is 2. The fourth-order valence-electron chi connectivity index (χ4n) is 4.68. The van der Waals surface area contributed by atoms with Gasteiger partial charge in [-0.15, -0.1) is 24.8 Å². The lowest BCUT2D eigenvalue weighted by Gasteiger charge is -2.38. The van der Waals surface area contributed by atoms with Gasteiger partial charge in [-0.3, -0.25) is 9.80 Å². The molecule has 2 aliphatic rings. The van der Waals surface area contributed by atoms with Crippen LogP contribution in [-0.4, -0.2) is 52.3 Å². The molecule has 2 aliphatic heterocycles. The highest BCUT2D eigenvalue weighted by Crippen LogP contribution is 2.34. The van der Waals surface area contributed by atoms with Crippen LogP contribution in [0.25, 0.3) is 0 Å². The SMILES string of the molecule is CC(CN1CCc2ccc(S(N)(=O)=O)c(Cl)c2C1)N1CCc2ccc(S(N)(=O)=O)c(Cl)c2C1.Cl.Cl. The van der Waals surface area contributed by atoms with Crippen molar-refractivity contribution in [2.75, 3.05) is 19.6 Å². The number of fused-ring (bicyclic) bond motifs is 2. The van der Waals surface area contributed by atoms with Gasteiger partial charge in [0.1, 0.15) is 9.79 Å². The van der Waals surface area contributed by atoms with Gasteiger partial charge >= 0.3 is 0 Å². The molecule has 1 atom stereocenters. The molecule has 0 radical (unpaired) electrons. The molecule has 0 amide bonds. The minimum atomic E-state index is -3.90. The van der Waals surface area contributed by atoms with Gasteiger partial charge in [-0.25, -0.2) is 27.1 Å². The molecule has 0 aliphatic carbocycles. The topological polar surface area (TPSA) is 127 Å². The minimum absolute atomic E-state index is 0. The van der Waals surface area contributed by atoms with Crippen LogP contribution in [0.5, 0.6) is 0 Å². The molecule has 4 N–H and O–H groups in total. The number of primary sulfonamides is 2. The van der Waals surface area contributed by atoms with E-state index in [0.717, 1.165) is 54.7 Å². The zero-order chi connectivity index (χ0) is 24.1. The van der Waals surface area contributed by atoms with Gasteiger partial charge in [-0.05, 0) is 54.2 Å². The number of nitrogens with zero attached hydrogens (tertiary/aromatic N) is 2. The number of halogens is 4. The lowest BCUT2D eigenvalue weighted by Crippen LogP contribution is -2.45. The fraction of sp³-hybridized carbons (Fsp3) is 0.429. The molecule has 0 aromatic heterocycles. The van der Waals surface area contributed by atoms with Gasteiger partial charge in [0.2, 0.25) is 20.0 Å². The summed E-state index contributed by atoms with van der Waals surface area (Å²) in [5.74, 6) is 0. The van der Waals surface area contributed by atoms with E-state index < -0.39 is 20.0 Å². The first-order valence-corrected chi connectivity index (χ1v) is 14.3. The Morgan fingerprint density at radius 2 is 1.29 bits per heavy atom. The van der Waals surface area contributed by atoms with Crippen molar-refractivity contribution < 1.29 is 16.8 Å². The van der Waals surface area contributed by atoms with E-state index in [4.69, 9.17) is 33.5 Å². The number of hydrogen-bond acceptors (Lipinski definition) is 6. The molecule has 4 rings (SSSR count). The van der Waals surface area contributed by atoms with Gasteiger partial charge in [0.25, 0.3) is 0 Å². The van der Waals surface area contributed by atoms with Gasteiger partial charge in [-0.1, -0.05) is 35.3 Å². The van der Waals surface area contributed by atoms with Crippen molar-refractivity contribution in [1.29, 1.82) is 0 Å². The highest BCUT2D eigenvalue weighted by molar-refractivity contribution is 7.89. The highest BCUT2D eigenvalue weighted by Gasteiger charge is 2.29. The summed E-state index contributed by atoms with van der Waals surface area (Å²) in [5.41, 5.74) is 3.66. The summed E-state index contributed by atoms with van der Waals surface area (Å²) in [4.78, 5) is 4.40. The second kappa shape index (κ2) is 11.4. The van der Waals surface area contributed by atoms with Gasteiger partial charge in [0, 0.05) is 38.8 Å². The van der Waals surface area contributed by atoms with Crippen molar-refractivity contribution in [2.45, 2.75) is 48.7 Å². The summed E-state index contributed by atoms with van der Waals surface area (Å²) in [7, 11) is -7.79. The quantitative estimate of drug-likeness (QED) is 0.539. The summed E-state index contributed by atoms with van der Waals surface area (Å²) < 4.78 is 47.4. The molecule has 0 bridgehead atoms. The molecular formula is C21H28Cl4N4O4S2. The van der Waals surface area contributed by atoms with E-state index >= 15 is 0 Å². The second-order valence-corrected chi connectivity index (χ2v) is 12.5. The summed E-state index contributed by atoms with van der Waals surface area (Å²) >= 11 is 12.8. The third-order valence-electron chi connectivity index (χ3n) is 6.48. The normalized spacial score (nSPS) is 17.5. The number of sulfonamides is 2. The van der Waals surface area contributed by atoms with Crippen LogP contribution >= 0.6 is 48.0 Å². The van der Waals surface area contributed by atoms with E-state index in [-0.39, 0.29) is 50.7 Å². The van der Waals surface area contributed by atoms with Crippen LogP contribution in [0.15, 0.2) is 34.1 Å². The summed E-state index contributed by atoms with van der Waals surface area (Å²) in [6.07, 6.45) is 1.52. The predicted octanol–water partition coefficient (Wildman–Crippen LogP) is 2.94. The molecule has 1 unspecified atom stereocenters. The Morgan fingerprint density at radius 3 is 1.77 bits per heavy atom. The van der Waals surface area contributed by atoms with Crippen molar-refractivity contribution >= 4 is 68.1 Å². The number of hydrogen-bond donors (Lipinski definition) is 2. The molecule has 0 spiro atoms. The second-order valence-electron chi connectivity index (χ2n) is 8.68. The zero-order valence-electron chi connectivity index (χ0n) is 18.9. The first kappa shape index (κ1) is 30.6. The molecule has 2 heterocycles. The van der Waals surface area contributed by atoms with Crippen molar-refractivity contribution in [2.24, 2.45) is 10.3 Å². The van der Waals surface area contributed by atoms with Crippen LogP contribution in [0.3, 0.4) is 0 Å². The van der Waals surface area contributed by atoms with Crippen molar-refractivity contribution in [1.82, 2.24) is 9.80 Å². The zero-order valence-corrected chi connectivity index (χ0v) is 23.7. The Balaban J connectivity index is 0.00000216. The Morgan fingerprint density at radius 1 is 0.829 bits per heavy atom. The average molecular weight is 606 g/mol. The van der Waals surface area contributed by atoms with E-state index in [1.54, 1.807) is 12.1 Å². The molecule has 14 heteroatoms. The van der Waals surface area contributed by atoms with E-state index in [1.807, 2.05) is 0 Å². The Bertz CT molecular complexity index is 1320. The maximum atomic E-state index is 11.8. The van der Waals surface area contributed by atoms with Crippen molar-refractivity contribution in [3.8, 4) is 0 Å². The number of rotatable bonds is 5. The van der Waals surface area contributed by atoms with Gasteiger partial charge in [-0.2, -0.15) is 0 Å². The van der Waals surface area contributed by atoms with Gasteiger partial charge in [0.15, 0.2) is 0 Å². The van der Waals surface area contributed by atoms with Crippen LogP contribution in [-0.2, 0) is 46.0 Å². The molecule has 2 aromatic rings. The monoisotopic (exact) mass is 604 g/mol. The largest absolute Gasteiger partial charge is 0.297 e. The first-order chi connectivity index (χ1) is 15.4. The maximum absolute atomic E-state index is 11.8. The van der Waals surface area contributed by atoms with E-state index in [9.17, 15) is 16.8 Å². The molecule has 2 aromatic carbocycles. The highest BCUT2D eigenvalue weighted by atomic mass is 35.5. The molecular weight excluding hydrogens is 578 g/mol. The van der Waals surface area contributed by atoms with Crippen LogP contribution < -0.4 is 10.3 Å². The Labute approximate surface area is 228 Å². The standard InChI is InChI=1S/C21H26Cl2N4O4S2.2ClH/c1-13(27-9-7-15-3-5-19(33(25,30)31)21(23)17(15)12-27)10-26-8-6-14-2-4-18(32(24,28)29)20(22)16(14)11-26;;/h2-5,13H,6-12H2,1H3,(H2,24,28,29)(H2,25,30,31);2*1H. The molecule has 0 saturated carbocycles.